The van der Waals surface area contributed by atoms with Gasteiger partial charge in [-0.25, -0.2) is 13.9 Å². The van der Waals surface area contributed by atoms with Crippen LogP contribution in [0, 0.1) is 5.82 Å². The summed E-state index contributed by atoms with van der Waals surface area (Å²) in [7, 11) is 0. The van der Waals surface area contributed by atoms with Crippen molar-refractivity contribution in [2.75, 3.05) is 0 Å². The summed E-state index contributed by atoms with van der Waals surface area (Å²) >= 11 is 0. The van der Waals surface area contributed by atoms with Crippen molar-refractivity contribution in [3.05, 3.63) is 54.0 Å². The van der Waals surface area contributed by atoms with Gasteiger partial charge in [-0.1, -0.05) is 24.3 Å². The molecule has 0 atom stereocenters. The van der Waals surface area contributed by atoms with Crippen LogP contribution in [-0.2, 0) is 6.54 Å². The third-order valence-electron chi connectivity index (χ3n) is 2.76. The van der Waals surface area contributed by atoms with Crippen LogP contribution >= 0.6 is 0 Å². The van der Waals surface area contributed by atoms with Crippen molar-refractivity contribution < 1.29 is 4.39 Å². The van der Waals surface area contributed by atoms with Gasteiger partial charge in [0, 0.05) is 18.3 Å². The van der Waals surface area contributed by atoms with E-state index in [0.29, 0.717) is 12.4 Å². The molecule has 0 saturated heterocycles. The quantitative estimate of drug-likeness (QED) is 0.747. The molecule has 0 amide bonds. The van der Waals surface area contributed by atoms with Gasteiger partial charge in [0.1, 0.15) is 0 Å². The highest BCUT2D eigenvalue weighted by atomic mass is 19.1. The second kappa shape index (κ2) is 4.19. The predicted octanol–water partition coefficient (Wildman–Crippen LogP) is 1.99. The van der Waals surface area contributed by atoms with Crippen molar-refractivity contribution in [3.8, 4) is 11.4 Å². The lowest BCUT2D eigenvalue weighted by Gasteiger charge is -1.97. The maximum Gasteiger partial charge on any atom is 0.191 e. The largest absolute Gasteiger partial charge is 0.326 e. The van der Waals surface area contributed by atoms with Gasteiger partial charge in [-0.2, -0.15) is 0 Å². The highest BCUT2D eigenvalue weighted by Crippen LogP contribution is 2.17. The van der Waals surface area contributed by atoms with Crippen LogP contribution in [0.4, 0.5) is 4.39 Å². The lowest BCUT2D eigenvalue weighted by molar-refractivity contribution is 0.627. The minimum absolute atomic E-state index is 0.232. The first kappa shape index (κ1) is 10.9. The summed E-state index contributed by atoms with van der Waals surface area (Å²) in [6.07, 6.45) is 1.67. The van der Waals surface area contributed by atoms with Gasteiger partial charge in [0.2, 0.25) is 0 Å². The first-order valence-electron chi connectivity index (χ1n) is 5.58. The molecule has 3 aromatic rings. The van der Waals surface area contributed by atoms with Gasteiger partial charge in [0.25, 0.3) is 0 Å². The number of aromatic nitrogens is 3. The van der Waals surface area contributed by atoms with Crippen molar-refractivity contribution in [3.63, 3.8) is 0 Å². The Bertz CT molecular complexity index is 688. The first-order chi connectivity index (χ1) is 8.78. The average molecular weight is 242 g/mol. The number of nitrogens with zero attached hydrogens (tertiary/aromatic N) is 3. The minimum Gasteiger partial charge on any atom is -0.326 e. The van der Waals surface area contributed by atoms with E-state index in [1.54, 1.807) is 12.3 Å². The maximum absolute atomic E-state index is 13.5. The fourth-order valence-corrected chi connectivity index (χ4v) is 1.79. The van der Waals surface area contributed by atoms with Crippen molar-refractivity contribution >= 4 is 5.65 Å². The van der Waals surface area contributed by atoms with Crippen LogP contribution in [0.25, 0.3) is 17.0 Å². The molecule has 2 heterocycles. The van der Waals surface area contributed by atoms with Crippen LogP contribution in [0.2, 0.25) is 0 Å². The second-order valence-electron chi connectivity index (χ2n) is 3.96. The molecular weight excluding hydrogens is 231 g/mol. The maximum atomic E-state index is 13.5. The van der Waals surface area contributed by atoms with Gasteiger partial charge < -0.3 is 5.73 Å². The summed E-state index contributed by atoms with van der Waals surface area (Å²) < 4.78 is 14.9. The molecule has 2 aromatic heterocycles. The Balaban J connectivity index is 2.10. The summed E-state index contributed by atoms with van der Waals surface area (Å²) in [5.41, 5.74) is 7.65. The molecule has 0 unspecified atom stereocenters. The van der Waals surface area contributed by atoms with Gasteiger partial charge in [0.05, 0.1) is 0 Å². The number of halogens is 1. The summed E-state index contributed by atoms with van der Waals surface area (Å²) in [5.74, 6) is 0.124. The van der Waals surface area contributed by atoms with Crippen LogP contribution in [0.1, 0.15) is 5.56 Å². The van der Waals surface area contributed by atoms with E-state index in [-0.39, 0.29) is 11.5 Å². The van der Waals surface area contributed by atoms with Gasteiger partial charge in [-0.15, -0.1) is 5.10 Å². The number of fused-ring (bicyclic) bond motifs is 1. The third-order valence-corrected chi connectivity index (χ3v) is 2.76. The smallest absolute Gasteiger partial charge is 0.191 e. The number of hydrogen-bond acceptors (Lipinski definition) is 3. The van der Waals surface area contributed by atoms with E-state index in [0.717, 1.165) is 11.1 Å². The van der Waals surface area contributed by atoms with E-state index in [4.69, 9.17) is 5.73 Å². The van der Waals surface area contributed by atoms with Crippen molar-refractivity contribution in [2.45, 2.75) is 6.54 Å². The summed E-state index contributed by atoms with van der Waals surface area (Å²) in [4.78, 5) is 4.18. The molecule has 0 fully saturated rings. The molecular formula is C13H11FN4. The molecule has 0 aliphatic carbocycles. The topological polar surface area (TPSA) is 56.2 Å². The van der Waals surface area contributed by atoms with Crippen LogP contribution in [0.5, 0.6) is 0 Å². The third kappa shape index (κ3) is 1.74. The second-order valence-corrected chi connectivity index (χ2v) is 3.96. The van der Waals surface area contributed by atoms with Crippen LogP contribution in [0.15, 0.2) is 42.6 Å². The summed E-state index contributed by atoms with van der Waals surface area (Å²) in [6.45, 7) is 0.494. The molecule has 1 aromatic carbocycles. The van der Waals surface area contributed by atoms with Gasteiger partial charge >= 0.3 is 0 Å². The molecule has 0 spiro atoms. The molecule has 0 saturated carbocycles. The van der Waals surface area contributed by atoms with Crippen LogP contribution < -0.4 is 5.73 Å². The normalized spacial score (nSPS) is 11.0. The fourth-order valence-electron chi connectivity index (χ4n) is 1.79. The monoisotopic (exact) mass is 242 g/mol. The van der Waals surface area contributed by atoms with Crippen LogP contribution in [0.3, 0.4) is 0 Å². The highest BCUT2D eigenvalue weighted by Gasteiger charge is 2.09. The van der Waals surface area contributed by atoms with E-state index in [9.17, 15) is 4.39 Å². The molecule has 18 heavy (non-hydrogen) atoms. The zero-order valence-corrected chi connectivity index (χ0v) is 9.55. The molecule has 0 bridgehead atoms. The van der Waals surface area contributed by atoms with Gasteiger partial charge in [0.15, 0.2) is 17.3 Å². The average Bonchev–Trinajstić information content (AvgIpc) is 2.84. The van der Waals surface area contributed by atoms with E-state index in [1.807, 2.05) is 24.3 Å². The molecule has 0 aliphatic heterocycles. The van der Waals surface area contributed by atoms with Gasteiger partial charge in [-0.3, -0.25) is 0 Å². The molecule has 0 aliphatic rings. The Morgan fingerprint density at radius 2 is 1.94 bits per heavy atom. The molecule has 2 N–H and O–H groups in total. The van der Waals surface area contributed by atoms with Crippen molar-refractivity contribution in [2.24, 2.45) is 5.73 Å². The number of pyridine rings is 1. The summed E-state index contributed by atoms with van der Waals surface area (Å²) in [5, 5.41) is 4.23. The number of nitrogens with two attached hydrogens (primary N) is 1. The molecule has 90 valence electrons. The molecule has 3 rings (SSSR count). The minimum atomic E-state index is -0.380. The summed E-state index contributed by atoms with van der Waals surface area (Å²) in [6, 6.07) is 10.6. The Kier molecular flexibility index (Phi) is 2.53. The first-order valence-corrected chi connectivity index (χ1v) is 5.58. The standard InChI is InChI=1S/C13H11FN4/c14-11-2-1-7-18-13(11)16-12(17-18)10-5-3-9(8-15)4-6-10/h1-7H,8,15H2. The van der Waals surface area contributed by atoms with E-state index in [1.165, 1.54) is 10.6 Å². The zero-order valence-electron chi connectivity index (χ0n) is 9.55. The fraction of sp³-hybridized carbons (Fsp3) is 0.0769. The lowest BCUT2D eigenvalue weighted by atomic mass is 10.1. The Hall–Kier alpha value is -2.27. The van der Waals surface area contributed by atoms with Gasteiger partial charge in [-0.05, 0) is 17.7 Å². The van der Waals surface area contributed by atoms with Crippen LogP contribution in [-0.4, -0.2) is 14.6 Å². The highest BCUT2D eigenvalue weighted by molar-refractivity contribution is 5.58. The van der Waals surface area contributed by atoms with Crippen molar-refractivity contribution in [1.29, 1.82) is 0 Å². The molecule has 4 nitrogen and oxygen atoms in total. The Labute approximate surface area is 103 Å². The number of hydrogen-bond donors (Lipinski definition) is 1. The Morgan fingerprint density at radius 1 is 1.17 bits per heavy atom. The molecule has 0 radical (unpaired) electrons. The zero-order chi connectivity index (χ0) is 12.5. The molecule has 5 heteroatoms. The van der Waals surface area contributed by atoms with E-state index < -0.39 is 0 Å². The number of benzene rings is 1. The van der Waals surface area contributed by atoms with E-state index >= 15 is 0 Å². The lowest BCUT2D eigenvalue weighted by Crippen LogP contribution is -1.95. The van der Waals surface area contributed by atoms with Crippen molar-refractivity contribution in [1.82, 2.24) is 14.6 Å². The predicted molar refractivity (Wildman–Crippen MR) is 66.3 cm³/mol. The van der Waals surface area contributed by atoms with E-state index in [2.05, 4.69) is 10.1 Å². The SMILES string of the molecule is NCc1ccc(-c2nc3c(F)cccn3n2)cc1. The Morgan fingerprint density at radius 3 is 2.61 bits per heavy atom. The number of rotatable bonds is 2.